The van der Waals surface area contributed by atoms with Gasteiger partial charge in [0.25, 0.3) is 5.91 Å². The molecule has 0 N–H and O–H groups in total. The van der Waals surface area contributed by atoms with Gasteiger partial charge in [-0.15, -0.1) is 0 Å². The van der Waals surface area contributed by atoms with Crippen LogP contribution in [0.15, 0.2) is 82.0 Å². The molecule has 2 aliphatic heterocycles. The number of fused-ring (bicyclic) bond motifs is 2. The molecular weight excluding hydrogens is 478 g/mol. The van der Waals surface area contributed by atoms with Gasteiger partial charge in [0.1, 0.15) is 17.9 Å². The monoisotopic (exact) mass is 501 g/mol. The molecule has 1 fully saturated rings. The van der Waals surface area contributed by atoms with Crippen molar-refractivity contribution in [1.29, 1.82) is 0 Å². The van der Waals surface area contributed by atoms with Crippen LogP contribution in [0.25, 0.3) is 11.0 Å². The summed E-state index contributed by atoms with van der Waals surface area (Å²) in [5.41, 5.74) is 2.32. The molecule has 36 heavy (non-hydrogen) atoms. The van der Waals surface area contributed by atoms with Gasteiger partial charge < -0.3 is 18.8 Å². The van der Waals surface area contributed by atoms with Gasteiger partial charge in [-0.1, -0.05) is 54.1 Å². The fourth-order valence-corrected chi connectivity index (χ4v) is 5.19. The average Bonchev–Trinajstić information content (AvgIpc) is 3.51. The van der Waals surface area contributed by atoms with Crippen LogP contribution in [0.4, 0.5) is 0 Å². The second-order valence-corrected chi connectivity index (χ2v) is 9.59. The summed E-state index contributed by atoms with van der Waals surface area (Å²) in [7, 11) is 0. The first-order valence-corrected chi connectivity index (χ1v) is 12.4. The molecule has 2 unspecified atom stereocenters. The van der Waals surface area contributed by atoms with Crippen molar-refractivity contribution in [1.82, 2.24) is 4.90 Å². The van der Waals surface area contributed by atoms with E-state index >= 15 is 0 Å². The number of ether oxygens (including phenoxy) is 2. The van der Waals surface area contributed by atoms with Crippen LogP contribution in [0.5, 0.6) is 5.75 Å². The van der Waals surface area contributed by atoms with Gasteiger partial charge in [-0.3, -0.25) is 9.59 Å². The number of carbonyl (C=O) groups is 1. The van der Waals surface area contributed by atoms with Crippen LogP contribution < -0.4 is 10.2 Å². The Bertz CT molecular complexity index is 1480. The van der Waals surface area contributed by atoms with Crippen LogP contribution in [0.1, 0.15) is 46.1 Å². The van der Waals surface area contributed by atoms with Crippen molar-refractivity contribution >= 4 is 28.5 Å². The number of hydrogen-bond acceptors (Lipinski definition) is 5. The minimum absolute atomic E-state index is 0.0711. The van der Waals surface area contributed by atoms with E-state index in [9.17, 15) is 9.59 Å². The van der Waals surface area contributed by atoms with Crippen molar-refractivity contribution in [3.63, 3.8) is 0 Å². The van der Waals surface area contributed by atoms with E-state index in [2.05, 4.69) is 0 Å². The third-order valence-corrected chi connectivity index (χ3v) is 7.03. The maximum absolute atomic E-state index is 13.7. The van der Waals surface area contributed by atoms with Crippen LogP contribution in [0, 0.1) is 0 Å². The Balaban J connectivity index is 1.38. The zero-order chi connectivity index (χ0) is 24.6. The van der Waals surface area contributed by atoms with Gasteiger partial charge in [0.2, 0.25) is 5.76 Å². The molecule has 6 nitrogen and oxygen atoms in total. The molecule has 0 bridgehead atoms. The minimum Gasteiger partial charge on any atom is -0.489 e. The lowest BCUT2D eigenvalue weighted by Gasteiger charge is -2.27. The second kappa shape index (κ2) is 9.45. The molecule has 2 atom stereocenters. The van der Waals surface area contributed by atoms with E-state index in [-0.39, 0.29) is 23.2 Å². The molecule has 0 aliphatic carbocycles. The standard InChI is InChI=1S/C29H24ClNO5/c30-20-10-13-24-23(15-20)27(32)25-26(31(29(33)28(25)36-24)16-22-7-4-14-34-22)19-8-11-21(12-9-19)35-17-18-5-2-1-3-6-18/h1-3,5-6,8-13,15,22,26H,4,7,14,16-17H2. The first-order chi connectivity index (χ1) is 17.6. The summed E-state index contributed by atoms with van der Waals surface area (Å²) in [4.78, 5) is 28.9. The van der Waals surface area contributed by atoms with Crippen LogP contribution in [-0.2, 0) is 11.3 Å². The van der Waals surface area contributed by atoms with Gasteiger partial charge in [0.15, 0.2) is 5.43 Å². The van der Waals surface area contributed by atoms with Crippen LogP contribution in [0.2, 0.25) is 5.02 Å². The van der Waals surface area contributed by atoms with Gasteiger partial charge >= 0.3 is 0 Å². The second-order valence-electron chi connectivity index (χ2n) is 9.15. The number of rotatable bonds is 6. The molecule has 4 aromatic rings. The number of nitrogens with zero attached hydrogens (tertiary/aromatic N) is 1. The van der Waals surface area contributed by atoms with E-state index in [1.54, 1.807) is 23.1 Å². The lowest BCUT2D eigenvalue weighted by molar-refractivity contribution is 0.0486. The van der Waals surface area contributed by atoms with Crippen molar-refractivity contribution in [2.45, 2.75) is 31.6 Å². The third kappa shape index (κ3) is 4.16. The smallest absolute Gasteiger partial charge is 0.291 e. The SMILES string of the molecule is O=C1c2oc3ccc(Cl)cc3c(=O)c2C(c2ccc(OCc3ccccc3)cc2)N1CC1CCCO1. The molecule has 1 saturated heterocycles. The van der Waals surface area contributed by atoms with E-state index in [1.165, 1.54) is 0 Å². The van der Waals surface area contributed by atoms with E-state index in [1.807, 2.05) is 54.6 Å². The summed E-state index contributed by atoms with van der Waals surface area (Å²) in [6.07, 6.45) is 1.76. The summed E-state index contributed by atoms with van der Waals surface area (Å²) < 4.78 is 17.8. The highest BCUT2D eigenvalue weighted by atomic mass is 35.5. The molecule has 0 spiro atoms. The van der Waals surface area contributed by atoms with Gasteiger partial charge in [-0.05, 0) is 54.3 Å². The fourth-order valence-electron chi connectivity index (χ4n) is 5.02. The highest BCUT2D eigenvalue weighted by Gasteiger charge is 2.43. The Morgan fingerprint density at radius 2 is 1.81 bits per heavy atom. The molecule has 6 rings (SSSR count). The van der Waals surface area contributed by atoms with E-state index in [4.69, 9.17) is 25.5 Å². The largest absolute Gasteiger partial charge is 0.489 e. The fraction of sp³-hybridized carbons (Fsp3) is 0.241. The molecule has 1 aromatic heterocycles. The molecule has 3 heterocycles. The predicted octanol–water partition coefficient (Wildman–Crippen LogP) is 5.75. The molecule has 2 aliphatic rings. The molecule has 3 aromatic carbocycles. The number of amides is 1. The summed E-state index contributed by atoms with van der Waals surface area (Å²) in [6.45, 7) is 1.51. The lowest BCUT2D eigenvalue weighted by Crippen LogP contribution is -2.36. The first-order valence-electron chi connectivity index (χ1n) is 12.0. The quantitative estimate of drug-likeness (QED) is 0.336. The lowest BCUT2D eigenvalue weighted by atomic mass is 9.98. The zero-order valence-electron chi connectivity index (χ0n) is 19.5. The van der Waals surface area contributed by atoms with Crippen molar-refractivity contribution in [2.24, 2.45) is 0 Å². The van der Waals surface area contributed by atoms with E-state index in [0.29, 0.717) is 47.1 Å². The summed E-state index contributed by atoms with van der Waals surface area (Å²) in [5, 5.41) is 0.799. The van der Waals surface area contributed by atoms with E-state index in [0.717, 1.165) is 24.0 Å². The summed E-state index contributed by atoms with van der Waals surface area (Å²) in [5.74, 6) is 0.487. The maximum atomic E-state index is 13.7. The summed E-state index contributed by atoms with van der Waals surface area (Å²) >= 11 is 6.17. The van der Waals surface area contributed by atoms with Crippen molar-refractivity contribution in [3.05, 3.63) is 110 Å². The number of halogens is 1. The first kappa shape index (κ1) is 22.8. The molecule has 0 saturated carbocycles. The maximum Gasteiger partial charge on any atom is 0.291 e. The number of carbonyl (C=O) groups excluding carboxylic acids is 1. The Morgan fingerprint density at radius 1 is 1.00 bits per heavy atom. The Labute approximate surface area is 213 Å². The number of hydrogen-bond donors (Lipinski definition) is 0. The molecule has 7 heteroatoms. The van der Waals surface area contributed by atoms with Gasteiger partial charge in [-0.2, -0.15) is 0 Å². The minimum atomic E-state index is -0.584. The Kier molecular flexibility index (Phi) is 5.99. The predicted molar refractivity (Wildman–Crippen MR) is 137 cm³/mol. The highest BCUT2D eigenvalue weighted by molar-refractivity contribution is 6.31. The number of benzene rings is 3. The average molecular weight is 502 g/mol. The van der Waals surface area contributed by atoms with Crippen molar-refractivity contribution in [3.8, 4) is 5.75 Å². The van der Waals surface area contributed by atoms with Crippen LogP contribution >= 0.6 is 11.6 Å². The van der Waals surface area contributed by atoms with Gasteiger partial charge in [0.05, 0.1) is 23.1 Å². The topological polar surface area (TPSA) is 69.0 Å². The zero-order valence-corrected chi connectivity index (χ0v) is 20.2. The molecule has 1 amide bonds. The molecule has 0 radical (unpaired) electrons. The third-order valence-electron chi connectivity index (χ3n) is 6.80. The van der Waals surface area contributed by atoms with Gasteiger partial charge in [-0.25, -0.2) is 0 Å². The van der Waals surface area contributed by atoms with E-state index < -0.39 is 6.04 Å². The van der Waals surface area contributed by atoms with Gasteiger partial charge in [0, 0.05) is 18.2 Å². The van der Waals surface area contributed by atoms with Crippen LogP contribution in [0.3, 0.4) is 0 Å². The highest BCUT2D eigenvalue weighted by Crippen LogP contribution is 2.39. The Hall–Kier alpha value is -3.61. The normalized spacial score (nSPS) is 19.1. The van der Waals surface area contributed by atoms with Crippen LogP contribution in [-0.4, -0.2) is 30.1 Å². The molecular formula is C29H24ClNO5. The molecule has 182 valence electrons. The Morgan fingerprint density at radius 3 is 2.56 bits per heavy atom. The summed E-state index contributed by atoms with van der Waals surface area (Å²) in [6, 6.07) is 21.7. The van der Waals surface area contributed by atoms with Crippen molar-refractivity contribution in [2.75, 3.05) is 13.2 Å². The van der Waals surface area contributed by atoms with Crippen molar-refractivity contribution < 1.29 is 18.7 Å².